The summed E-state index contributed by atoms with van der Waals surface area (Å²) in [5.41, 5.74) is 5.49. The van der Waals surface area contributed by atoms with E-state index in [0.717, 1.165) is 0 Å². The van der Waals surface area contributed by atoms with Crippen molar-refractivity contribution in [1.29, 1.82) is 0 Å². The van der Waals surface area contributed by atoms with Gasteiger partial charge in [-0.1, -0.05) is 11.8 Å². The Morgan fingerprint density at radius 2 is 2.28 bits per heavy atom. The molecule has 94 valence electrons. The summed E-state index contributed by atoms with van der Waals surface area (Å²) in [7, 11) is 0. The highest BCUT2D eigenvalue weighted by molar-refractivity contribution is 5.96. The molecule has 0 fully saturated rings. The molecule has 6 nitrogen and oxygen atoms in total. The lowest BCUT2D eigenvalue weighted by Gasteiger charge is -2.03. The lowest BCUT2D eigenvalue weighted by Crippen LogP contribution is -2.34. The van der Waals surface area contributed by atoms with Gasteiger partial charge >= 0.3 is 0 Å². The van der Waals surface area contributed by atoms with Crippen LogP contribution in [0.5, 0.6) is 0 Å². The summed E-state index contributed by atoms with van der Waals surface area (Å²) in [6.07, 6.45) is 1.77. The fourth-order valence-corrected chi connectivity index (χ4v) is 1.15. The number of pyridine rings is 1. The molecule has 18 heavy (non-hydrogen) atoms. The van der Waals surface area contributed by atoms with E-state index < -0.39 is 11.8 Å². The normalized spacial score (nSPS) is 9.17. The van der Waals surface area contributed by atoms with Gasteiger partial charge in [0.25, 0.3) is 5.91 Å². The first kappa shape index (κ1) is 13.7. The topological polar surface area (TPSA) is 105 Å². The maximum atomic E-state index is 11.7. The van der Waals surface area contributed by atoms with Gasteiger partial charge in [-0.05, 0) is 12.1 Å². The molecule has 0 aliphatic rings. The summed E-state index contributed by atoms with van der Waals surface area (Å²) in [4.78, 5) is 26.2. The molecule has 1 rings (SSSR count). The lowest BCUT2D eigenvalue weighted by molar-refractivity contribution is -0.117. The molecule has 4 N–H and O–H groups in total. The number of nitrogens with two attached hydrogens (primary N) is 1. The molecular formula is C12H13N3O3. The summed E-state index contributed by atoms with van der Waals surface area (Å²) in [5, 5.41) is 11.0. The van der Waals surface area contributed by atoms with Crippen molar-refractivity contribution < 1.29 is 14.7 Å². The minimum absolute atomic E-state index is 0.0452. The number of rotatable bonds is 4. The van der Waals surface area contributed by atoms with Gasteiger partial charge in [-0.15, -0.1) is 0 Å². The maximum Gasteiger partial charge on any atom is 0.271 e. The Hall–Kier alpha value is -2.39. The van der Waals surface area contributed by atoms with Crippen LogP contribution in [0.3, 0.4) is 0 Å². The van der Waals surface area contributed by atoms with Crippen LogP contribution < -0.4 is 11.1 Å². The molecule has 6 heteroatoms. The van der Waals surface area contributed by atoms with Gasteiger partial charge < -0.3 is 16.2 Å². The summed E-state index contributed by atoms with van der Waals surface area (Å²) in [6.45, 7) is -0.296. The molecule has 0 aromatic carbocycles. The Labute approximate surface area is 104 Å². The van der Waals surface area contributed by atoms with Crippen molar-refractivity contribution in [2.45, 2.75) is 6.42 Å². The van der Waals surface area contributed by atoms with Crippen LogP contribution >= 0.6 is 0 Å². The van der Waals surface area contributed by atoms with Crippen LogP contribution in [0.2, 0.25) is 0 Å². The lowest BCUT2D eigenvalue weighted by atomic mass is 10.2. The fourth-order valence-electron chi connectivity index (χ4n) is 1.15. The number of aliphatic hydroxyl groups is 1. The van der Waals surface area contributed by atoms with E-state index in [4.69, 9.17) is 10.8 Å². The Balaban J connectivity index is 2.85. The van der Waals surface area contributed by atoms with Gasteiger partial charge in [0.2, 0.25) is 5.91 Å². The predicted octanol–water partition coefficient (Wildman–Crippen LogP) is -0.969. The molecule has 1 heterocycles. The first-order chi connectivity index (χ1) is 8.65. The molecular weight excluding hydrogens is 234 g/mol. The second-order valence-electron chi connectivity index (χ2n) is 3.32. The summed E-state index contributed by atoms with van der Waals surface area (Å²) < 4.78 is 0. The Morgan fingerprint density at radius 3 is 2.94 bits per heavy atom. The van der Waals surface area contributed by atoms with E-state index in [-0.39, 0.29) is 18.8 Å². The number of carbonyl (C=O) groups is 2. The second kappa shape index (κ2) is 7.04. The molecule has 0 aliphatic heterocycles. The van der Waals surface area contributed by atoms with Gasteiger partial charge in [-0.3, -0.25) is 9.59 Å². The number of nitrogens with one attached hydrogen (secondary N) is 1. The Bertz CT molecular complexity index is 503. The zero-order valence-corrected chi connectivity index (χ0v) is 9.64. The largest absolute Gasteiger partial charge is 0.395 e. The Morgan fingerprint density at radius 1 is 1.50 bits per heavy atom. The van der Waals surface area contributed by atoms with E-state index in [1.807, 2.05) is 0 Å². The highest BCUT2D eigenvalue weighted by Crippen LogP contribution is 2.03. The average molecular weight is 247 g/mol. The number of aromatic nitrogens is 1. The number of primary amides is 1. The van der Waals surface area contributed by atoms with Gasteiger partial charge in [0.1, 0.15) is 5.69 Å². The first-order valence-corrected chi connectivity index (χ1v) is 5.26. The number of amides is 2. The van der Waals surface area contributed by atoms with Crippen LogP contribution in [0, 0.1) is 11.8 Å². The van der Waals surface area contributed by atoms with E-state index in [1.165, 1.54) is 6.20 Å². The number of aliphatic hydroxyl groups excluding tert-OH is 1. The van der Waals surface area contributed by atoms with Gasteiger partial charge in [-0.2, -0.15) is 0 Å². The van der Waals surface area contributed by atoms with Crippen LogP contribution in [-0.2, 0) is 4.79 Å². The van der Waals surface area contributed by atoms with Crippen LogP contribution in [0.15, 0.2) is 18.3 Å². The van der Waals surface area contributed by atoms with Crippen LogP contribution in [0.1, 0.15) is 22.5 Å². The summed E-state index contributed by atoms with van der Waals surface area (Å²) in [5.74, 6) is 4.29. The van der Waals surface area contributed by atoms with Gasteiger partial charge in [-0.25, -0.2) is 4.98 Å². The second-order valence-corrected chi connectivity index (χ2v) is 3.32. The van der Waals surface area contributed by atoms with E-state index in [0.29, 0.717) is 12.0 Å². The zero-order valence-electron chi connectivity index (χ0n) is 9.64. The molecule has 0 unspecified atom stereocenters. The first-order valence-electron chi connectivity index (χ1n) is 5.26. The van der Waals surface area contributed by atoms with Gasteiger partial charge in [0.15, 0.2) is 0 Å². The highest BCUT2D eigenvalue weighted by Gasteiger charge is 2.11. The molecule has 0 radical (unpaired) electrons. The quantitative estimate of drug-likeness (QED) is 0.595. The third-order valence-electron chi connectivity index (χ3n) is 1.91. The summed E-state index contributed by atoms with van der Waals surface area (Å²) in [6, 6.07) is 3.28. The van der Waals surface area contributed by atoms with Crippen molar-refractivity contribution in [3.8, 4) is 11.8 Å². The molecule has 0 aliphatic carbocycles. The molecule has 1 aromatic heterocycles. The maximum absolute atomic E-state index is 11.7. The molecule has 0 saturated carbocycles. The SMILES string of the molecule is NC(=O)CNC(=O)c1ncccc1C#CCCO. The van der Waals surface area contributed by atoms with Crippen molar-refractivity contribution in [3.63, 3.8) is 0 Å². The number of hydrogen-bond acceptors (Lipinski definition) is 4. The fraction of sp³-hybridized carbons (Fsp3) is 0.250. The van der Waals surface area contributed by atoms with Gasteiger partial charge in [0, 0.05) is 12.6 Å². The van der Waals surface area contributed by atoms with Crippen LogP contribution in [-0.4, -0.2) is 35.1 Å². The molecule has 1 aromatic rings. The van der Waals surface area contributed by atoms with Crippen molar-refractivity contribution >= 4 is 11.8 Å². The molecule has 2 amide bonds. The van der Waals surface area contributed by atoms with Crippen molar-refractivity contribution in [2.75, 3.05) is 13.2 Å². The number of nitrogens with zero attached hydrogens (tertiary/aromatic N) is 1. The number of carbonyl (C=O) groups excluding carboxylic acids is 2. The van der Waals surface area contributed by atoms with E-state index in [2.05, 4.69) is 22.1 Å². The van der Waals surface area contributed by atoms with E-state index in [9.17, 15) is 9.59 Å². The Kier molecular flexibility index (Phi) is 5.35. The third kappa shape index (κ3) is 4.23. The van der Waals surface area contributed by atoms with Crippen molar-refractivity contribution in [1.82, 2.24) is 10.3 Å². The van der Waals surface area contributed by atoms with E-state index >= 15 is 0 Å². The van der Waals surface area contributed by atoms with Crippen LogP contribution in [0.4, 0.5) is 0 Å². The van der Waals surface area contributed by atoms with E-state index in [1.54, 1.807) is 12.1 Å². The minimum atomic E-state index is -0.632. The smallest absolute Gasteiger partial charge is 0.271 e. The standard InChI is InChI=1S/C12H13N3O3/c13-10(17)8-15-12(18)11-9(4-1-2-7-16)5-3-6-14-11/h3,5-6,16H,2,7-8H2,(H2,13,17)(H,15,18). The van der Waals surface area contributed by atoms with Gasteiger partial charge in [0.05, 0.1) is 18.7 Å². The van der Waals surface area contributed by atoms with Crippen LogP contribution in [0.25, 0.3) is 0 Å². The predicted molar refractivity (Wildman–Crippen MR) is 64.3 cm³/mol. The molecule has 0 bridgehead atoms. The zero-order chi connectivity index (χ0) is 13.4. The summed E-state index contributed by atoms with van der Waals surface area (Å²) >= 11 is 0. The van der Waals surface area contributed by atoms with Crippen molar-refractivity contribution in [2.24, 2.45) is 5.73 Å². The monoisotopic (exact) mass is 247 g/mol. The average Bonchev–Trinajstić information content (AvgIpc) is 2.37. The third-order valence-corrected chi connectivity index (χ3v) is 1.91. The molecule has 0 atom stereocenters. The highest BCUT2D eigenvalue weighted by atomic mass is 16.2. The molecule has 0 spiro atoms. The number of hydrogen-bond donors (Lipinski definition) is 3. The van der Waals surface area contributed by atoms with Crippen molar-refractivity contribution in [3.05, 3.63) is 29.6 Å². The minimum Gasteiger partial charge on any atom is -0.395 e. The molecule has 0 saturated heterocycles.